The molecule has 1 aliphatic heterocycles. The van der Waals surface area contributed by atoms with Crippen LogP contribution in [0.15, 0.2) is 60.4 Å². The van der Waals surface area contributed by atoms with Gasteiger partial charge in [-0.15, -0.1) is 0 Å². The van der Waals surface area contributed by atoms with Gasteiger partial charge in [0.25, 0.3) is 5.24 Å². The molecule has 142 valence electrons. The van der Waals surface area contributed by atoms with E-state index in [2.05, 4.69) is 5.32 Å². The second kappa shape index (κ2) is 6.87. The summed E-state index contributed by atoms with van der Waals surface area (Å²) in [5, 5.41) is 2.48. The Morgan fingerprint density at radius 3 is 2.54 bits per heavy atom. The second-order valence-corrected chi connectivity index (χ2v) is 7.18. The second-order valence-electron chi connectivity index (χ2n) is 6.24. The minimum atomic E-state index is -4.42. The van der Waals surface area contributed by atoms with Crippen LogP contribution in [-0.4, -0.2) is 14.9 Å². The number of fused-ring (bicyclic) bond motifs is 1. The molecule has 3 aromatic rings. The number of carbonyl (C=O) groups is 2. The van der Waals surface area contributed by atoms with Gasteiger partial charge in [-0.3, -0.25) is 9.59 Å². The summed E-state index contributed by atoms with van der Waals surface area (Å²) in [6, 6.07) is 12.6. The summed E-state index contributed by atoms with van der Waals surface area (Å²) in [6.45, 7) is 0.0602. The predicted octanol–water partition coefficient (Wildman–Crippen LogP) is 5.03. The van der Waals surface area contributed by atoms with E-state index in [-0.39, 0.29) is 22.9 Å². The van der Waals surface area contributed by atoms with Crippen molar-refractivity contribution >= 4 is 39.1 Å². The molecule has 4 rings (SSSR count). The molecule has 0 aliphatic carbocycles. The van der Waals surface area contributed by atoms with Crippen LogP contribution in [0.2, 0.25) is 0 Å². The maximum atomic E-state index is 13.3. The summed E-state index contributed by atoms with van der Waals surface area (Å²) in [7, 11) is 0. The normalized spacial score (nSPS) is 16.2. The van der Waals surface area contributed by atoms with Crippen LogP contribution < -0.4 is 5.32 Å². The third-order valence-corrected chi connectivity index (χ3v) is 5.15. The fourth-order valence-corrected chi connectivity index (χ4v) is 3.75. The van der Waals surface area contributed by atoms with E-state index >= 15 is 0 Å². The Kier molecular flexibility index (Phi) is 4.50. The SMILES string of the molecule is O=C1NC(=Cc2cccc3c2ccn3Cc2ccccc2C(F)(F)F)C(=O)S1. The molecule has 2 heterocycles. The number of hydrogen-bond donors (Lipinski definition) is 1. The fourth-order valence-electron chi connectivity index (χ4n) is 3.21. The summed E-state index contributed by atoms with van der Waals surface area (Å²) < 4.78 is 41.5. The van der Waals surface area contributed by atoms with Crippen molar-refractivity contribution in [1.29, 1.82) is 0 Å². The van der Waals surface area contributed by atoms with Crippen molar-refractivity contribution in [2.45, 2.75) is 12.7 Å². The maximum absolute atomic E-state index is 13.3. The van der Waals surface area contributed by atoms with Crippen molar-refractivity contribution in [3.63, 3.8) is 0 Å². The lowest BCUT2D eigenvalue weighted by Crippen LogP contribution is -2.11. The number of amides is 1. The molecule has 1 saturated heterocycles. The van der Waals surface area contributed by atoms with E-state index in [0.717, 1.165) is 17.0 Å². The first-order valence-corrected chi connectivity index (χ1v) is 9.12. The number of benzene rings is 2. The third kappa shape index (κ3) is 3.43. The average Bonchev–Trinajstić information content (AvgIpc) is 3.18. The summed E-state index contributed by atoms with van der Waals surface area (Å²) in [5.74, 6) is 0. The topological polar surface area (TPSA) is 51.1 Å². The van der Waals surface area contributed by atoms with E-state index in [1.807, 2.05) is 0 Å². The zero-order valence-electron chi connectivity index (χ0n) is 14.3. The molecule has 1 amide bonds. The summed E-state index contributed by atoms with van der Waals surface area (Å²) in [6.07, 6.45) is -1.13. The molecule has 1 aromatic heterocycles. The van der Waals surface area contributed by atoms with Gasteiger partial charge in [0.1, 0.15) is 0 Å². The van der Waals surface area contributed by atoms with Crippen LogP contribution in [-0.2, 0) is 17.5 Å². The van der Waals surface area contributed by atoms with Gasteiger partial charge in [-0.05, 0) is 35.4 Å². The number of nitrogens with zero attached hydrogens (tertiary/aromatic N) is 1. The highest BCUT2D eigenvalue weighted by atomic mass is 32.2. The monoisotopic (exact) mass is 402 g/mol. The van der Waals surface area contributed by atoms with E-state index < -0.39 is 17.0 Å². The van der Waals surface area contributed by atoms with Gasteiger partial charge in [-0.2, -0.15) is 13.2 Å². The van der Waals surface area contributed by atoms with Gasteiger partial charge in [0.15, 0.2) is 0 Å². The van der Waals surface area contributed by atoms with Crippen molar-refractivity contribution in [1.82, 2.24) is 9.88 Å². The first kappa shape index (κ1) is 18.4. The summed E-state index contributed by atoms with van der Waals surface area (Å²) in [5.41, 5.74) is 1.14. The molecule has 0 atom stereocenters. The molecule has 0 bridgehead atoms. The fraction of sp³-hybridized carbons (Fsp3) is 0.100. The zero-order valence-corrected chi connectivity index (χ0v) is 15.1. The van der Waals surface area contributed by atoms with Crippen molar-refractivity contribution in [2.24, 2.45) is 0 Å². The lowest BCUT2D eigenvalue weighted by molar-refractivity contribution is -0.138. The minimum absolute atomic E-state index is 0.0602. The van der Waals surface area contributed by atoms with E-state index in [1.165, 1.54) is 12.1 Å². The van der Waals surface area contributed by atoms with Gasteiger partial charge in [0.05, 0.1) is 11.3 Å². The van der Waals surface area contributed by atoms with Crippen LogP contribution in [0.4, 0.5) is 18.0 Å². The highest BCUT2D eigenvalue weighted by Crippen LogP contribution is 2.33. The summed E-state index contributed by atoms with van der Waals surface area (Å²) in [4.78, 5) is 23.1. The largest absolute Gasteiger partial charge is 0.416 e. The average molecular weight is 402 g/mol. The van der Waals surface area contributed by atoms with Crippen molar-refractivity contribution in [3.05, 3.63) is 77.1 Å². The molecule has 1 N–H and O–H groups in total. The first-order chi connectivity index (χ1) is 13.3. The highest BCUT2D eigenvalue weighted by Gasteiger charge is 2.33. The number of nitrogens with one attached hydrogen (secondary N) is 1. The molecule has 0 unspecified atom stereocenters. The Morgan fingerprint density at radius 2 is 1.82 bits per heavy atom. The number of aromatic nitrogens is 1. The van der Waals surface area contributed by atoms with Crippen LogP contribution in [0.5, 0.6) is 0 Å². The molecule has 28 heavy (non-hydrogen) atoms. The molecule has 4 nitrogen and oxygen atoms in total. The minimum Gasteiger partial charge on any atom is -0.343 e. The Balaban J connectivity index is 1.73. The molecule has 0 radical (unpaired) electrons. The Bertz CT molecular complexity index is 1130. The number of rotatable bonds is 3. The summed E-state index contributed by atoms with van der Waals surface area (Å²) >= 11 is 0.595. The van der Waals surface area contributed by atoms with Crippen LogP contribution >= 0.6 is 11.8 Å². The smallest absolute Gasteiger partial charge is 0.343 e. The molecule has 1 aliphatic rings. The molecule has 1 fully saturated rings. The van der Waals surface area contributed by atoms with Gasteiger partial charge in [-0.1, -0.05) is 30.3 Å². The number of halogens is 3. The van der Waals surface area contributed by atoms with Crippen LogP contribution in [0.1, 0.15) is 16.7 Å². The number of thioether (sulfide) groups is 1. The third-order valence-electron chi connectivity index (χ3n) is 4.45. The van der Waals surface area contributed by atoms with Crippen molar-refractivity contribution in [3.8, 4) is 0 Å². The van der Waals surface area contributed by atoms with E-state index in [4.69, 9.17) is 0 Å². The quantitative estimate of drug-likeness (QED) is 0.625. The van der Waals surface area contributed by atoms with Gasteiger partial charge < -0.3 is 9.88 Å². The van der Waals surface area contributed by atoms with Gasteiger partial charge in [0.2, 0.25) is 5.12 Å². The van der Waals surface area contributed by atoms with Crippen LogP contribution in [0.25, 0.3) is 17.0 Å². The molecule has 2 aromatic carbocycles. The van der Waals surface area contributed by atoms with Crippen molar-refractivity contribution in [2.75, 3.05) is 0 Å². The van der Waals surface area contributed by atoms with E-state index in [0.29, 0.717) is 17.3 Å². The first-order valence-electron chi connectivity index (χ1n) is 8.31. The van der Waals surface area contributed by atoms with Gasteiger partial charge >= 0.3 is 6.18 Å². The van der Waals surface area contributed by atoms with E-state index in [1.54, 1.807) is 47.2 Å². The number of hydrogen-bond acceptors (Lipinski definition) is 3. The van der Waals surface area contributed by atoms with Crippen LogP contribution in [0, 0.1) is 0 Å². The standard InChI is InChI=1S/C20H13F3N2O2S/c21-20(22,23)15-6-2-1-4-13(15)11-25-9-8-14-12(5-3-7-17(14)25)10-16-18(26)28-19(27)24-16/h1-10H,11H2,(H,24,27). The number of carbonyl (C=O) groups excluding carboxylic acids is 2. The molecule has 8 heteroatoms. The lowest BCUT2D eigenvalue weighted by atomic mass is 10.1. The Morgan fingerprint density at radius 1 is 1.04 bits per heavy atom. The highest BCUT2D eigenvalue weighted by molar-refractivity contribution is 8.27. The molecular formula is C20H13F3N2O2S. The van der Waals surface area contributed by atoms with Gasteiger partial charge in [0, 0.05) is 35.4 Å². The number of alkyl halides is 3. The maximum Gasteiger partial charge on any atom is 0.416 e. The zero-order chi connectivity index (χ0) is 19.9. The Labute approximate surface area is 162 Å². The molecular weight excluding hydrogens is 389 g/mol. The van der Waals surface area contributed by atoms with Gasteiger partial charge in [-0.25, -0.2) is 0 Å². The Hall–Kier alpha value is -3.00. The predicted molar refractivity (Wildman–Crippen MR) is 102 cm³/mol. The molecule has 0 saturated carbocycles. The molecule has 0 spiro atoms. The van der Waals surface area contributed by atoms with Crippen molar-refractivity contribution < 1.29 is 22.8 Å². The van der Waals surface area contributed by atoms with E-state index in [9.17, 15) is 22.8 Å². The van der Waals surface area contributed by atoms with Crippen LogP contribution in [0.3, 0.4) is 0 Å². The lowest BCUT2D eigenvalue weighted by Gasteiger charge is -2.14.